The lowest BCUT2D eigenvalue weighted by molar-refractivity contribution is -0.199. The predicted octanol–water partition coefficient (Wildman–Crippen LogP) is 2.95. The van der Waals surface area contributed by atoms with Crippen molar-refractivity contribution < 1.29 is 35.6 Å². The second-order valence-corrected chi connectivity index (χ2v) is 9.29. The molecule has 1 aromatic carbocycles. The van der Waals surface area contributed by atoms with E-state index in [9.17, 15) is 30.8 Å². The highest BCUT2D eigenvalue weighted by molar-refractivity contribution is 7.92. The second-order valence-electron chi connectivity index (χ2n) is 6.45. The van der Waals surface area contributed by atoms with Crippen LogP contribution in [0, 0.1) is 5.82 Å². The molecule has 15 heteroatoms. The molecular formula is C16H15ClF4N4O4S2. The van der Waals surface area contributed by atoms with Crippen molar-refractivity contribution in [3.63, 3.8) is 0 Å². The van der Waals surface area contributed by atoms with Crippen LogP contribution in [0.2, 0.25) is 5.02 Å². The number of carbonyl (C=O) groups is 1. The quantitative estimate of drug-likeness (QED) is 0.479. The van der Waals surface area contributed by atoms with Gasteiger partial charge in [0, 0.05) is 31.1 Å². The number of likely N-dealkylation sites (N-methyl/N-ethyl adjacent to an activating group) is 1. The molecule has 0 spiro atoms. The molecule has 170 valence electrons. The summed E-state index contributed by atoms with van der Waals surface area (Å²) in [6.45, 7) is 1.36. The number of hydrogen-bond donors (Lipinski definition) is 1. The number of carbonyl (C=O) groups excluding carboxylic acids is 1. The highest BCUT2D eigenvalue weighted by atomic mass is 35.5. The van der Waals surface area contributed by atoms with Gasteiger partial charge in [-0.25, -0.2) is 14.2 Å². The first kappa shape index (κ1) is 23.5. The molecule has 1 fully saturated rings. The maximum Gasteiger partial charge on any atom is 0.493 e. The zero-order chi connectivity index (χ0) is 23.0. The van der Waals surface area contributed by atoms with Crippen molar-refractivity contribution in [2.45, 2.75) is 23.5 Å². The minimum Gasteiger partial charge on any atom is -0.369 e. The minimum atomic E-state index is -5.50. The normalized spacial score (nSPS) is 16.9. The Morgan fingerprint density at radius 3 is 2.65 bits per heavy atom. The van der Waals surface area contributed by atoms with Gasteiger partial charge in [0.25, 0.3) is 10.0 Å². The van der Waals surface area contributed by atoms with Crippen LogP contribution in [-0.2, 0) is 19.7 Å². The third-order valence-corrected chi connectivity index (χ3v) is 6.91. The Kier molecular flexibility index (Phi) is 6.64. The number of aromatic nitrogens is 1. The molecule has 1 N–H and O–H groups in total. The molecule has 0 radical (unpaired) electrons. The molecule has 0 bridgehead atoms. The zero-order valence-corrected chi connectivity index (χ0v) is 18.1. The topological polar surface area (TPSA) is 91.8 Å². The molecule has 0 saturated carbocycles. The third-order valence-electron chi connectivity index (χ3n) is 4.46. The van der Waals surface area contributed by atoms with Crippen molar-refractivity contribution in [1.82, 2.24) is 10.3 Å². The number of sulfonamides is 1. The van der Waals surface area contributed by atoms with Crippen LogP contribution in [-0.4, -0.2) is 51.7 Å². The van der Waals surface area contributed by atoms with E-state index in [1.807, 2.05) is 0 Å². The summed E-state index contributed by atoms with van der Waals surface area (Å²) in [6, 6.07) is 1.60. The molecule has 0 unspecified atom stereocenters. The molecule has 1 aliphatic rings. The fraction of sp³-hybridized carbons (Fsp3) is 0.375. The van der Waals surface area contributed by atoms with E-state index in [1.54, 1.807) is 11.9 Å². The number of rotatable bonds is 6. The van der Waals surface area contributed by atoms with E-state index < -0.39 is 38.7 Å². The van der Waals surface area contributed by atoms with E-state index in [1.165, 1.54) is 0 Å². The molecule has 0 amide bonds. The van der Waals surface area contributed by atoms with Crippen LogP contribution in [0.4, 0.5) is 29.1 Å². The van der Waals surface area contributed by atoms with Gasteiger partial charge in [0.15, 0.2) is 5.82 Å². The van der Waals surface area contributed by atoms with Crippen molar-refractivity contribution in [3.8, 4) is 0 Å². The summed E-state index contributed by atoms with van der Waals surface area (Å²) in [5.41, 5.74) is 1.29. The number of hydrogen-bond acceptors (Lipinski definition) is 8. The summed E-state index contributed by atoms with van der Waals surface area (Å²) in [5.74, 6) is -4.77. The number of nitrogens with zero attached hydrogens (tertiary/aromatic N) is 3. The van der Waals surface area contributed by atoms with Gasteiger partial charge in [-0.3, -0.25) is 0 Å². The Morgan fingerprint density at radius 2 is 2.10 bits per heavy atom. The van der Waals surface area contributed by atoms with Gasteiger partial charge < -0.3 is 15.1 Å². The van der Waals surface area contributed by atoms with Crippen LogP contribution in [0.1, 0.15) is 6.42 Å². The van der Waals surface area contributed by atoms with E-state index >= 15 is 0 Å². The van der Waals surface area contributed by atoms with Gasteiger partial charge >= 0.3 is 12.1 Å². The van der Waals surface area contributed by atoms with Crippen LogP contribution in [0.5, 0.6) is 0 Å². The van der Waals surface area contributed by atoms with E-state index in [-0.39, 0.29) is 21.2 Å². The van der Waals surface area contributed by atoms with E-state index in [2.05, 4.69) is 15.1 Å². The summed E-state index contributed by atoms with van der Waals surface area (Å²) in [5, 5.41) is 3.98. The molecule has 1 aromatic heterocycles. The van der Waals surface area contributed by atoms with Gasteiger partial charge in [-0.2, -0.15) is 21.6 Å². The Balaban J connectivity index is 2.01. The first-order chi connectivity index (χ1) is 14.4. The predicted molar refractivity (Wildman–Crippen MR) is 105 cm³/mol. The van der Waals surface area contributed by atoms with Crippen LogP contribution in [0.3, 0.4) is 0 Å². The second kappa shape index (κ2) is 8.76. The smallest absolute Gasteiger partial charge is 0.369 e. The molecule has 1 atom stereocenters. The molecule has 3 rings (SSSR count). The molecule has 31 heavy (non-hydrogen) atoms. The number of thiazole rings is 1. The minimum absolute atomic E-state index is 0.0152. The van der Waals surface area contributed by atoms with Crippen molar-refractivity contribution >= 4 is 50.4 Å². The highest BCUT2D eigenvalue weighted by Crippen LogP contribution is 2.35. The van der Waals surface area contributed by atoms with Crippen LogP contribution >= 0.6 is 22.9 Å². The number of nitrogens with one attached hydrogen (secondary N) is 1. The maximum atomic E-state index is 14.9. The van der Waals surface area contributed by atoms with E-state index in [0.29, 0.717) is 6.54 Å². The lowest BCUT2D eigenvalue weighted by Gasteiger charge is -2.27. The summed E-state index contributed by atoms with van der Waals surface area (Å²) < 4.78 is 78.3. The lowest BCUT2D eigenvalue weighted by atomic mass is 10.2. The molecule has 2 heterocycles. The maximum absolute atomic E-state index is 14.9. The van der Waals surface area contributed by atoms with Crippen LogP contribution in [0.25, 0.3) is 0 Å². The Bertz CT molecular complexity index is 1060. The van der Waals surface area contributed by atoms with Gasteiger partial charge in [-0.05, 0) is 19.0 Å². The van der Waals surface area contributed by atoms with E-state index in [4.69, 9.17) is 11.6 Å². The number of benzene rings is 1. The summed E-state index contributed by atoms with van der Waals surface area (Å²) in [6.07, 6.45) is -4.75. The van der Waals surface area contributed by atoms with Crippen molar-refractivity contribution in [1.29, 1.82) is 0 Å². The molecule has 2 aromatic rings. The number of anilines is 2. The number of halogens is 5. The van der Waals surface area contributed by atoms with Gasteiger partial charge in [0.1, 0.15) is 10.7 Å². The van der Waals surface area contributed by atoms with Gasteiger partial charge in [-0.15, -0.1) is 11.3 Å². The van der Waals surface area contributed by atoms with Gasteiger partial charge in [0.2, 0.25) is 0 Å². The van der Waals surface area contributed by atoms with Crippen LogP contribution < -0.4 is 14.7 Å². The first-order valence-electron chi connectivity index (χ1n) is 8.58. The largest absolute Gasteiger partial charge is 0.493 e. The molecule has 0 aliphatic carbocycles. The molecule has 8 nitrogen and oxygen atoms in total. The summed E-state index contributed by atoms with van der Waals surface area (Å²) in [7, 11) is -3.50. The molecule has 1 aliphatic heterocycles. The zero-order valence-electron chi connectivity index (χ0n) is 15.7. The lowest BCUT2D eigenvalue weighted by Crippen LogP contribution is -2.39. The Hall–Kier alpha value is -2.16. The monoisotopic (exact) mass is 502 g/mol. The average Bonchev–Trinajstić information content (AvgIpc) is 3.39. The summed E-state index contributed by atoms with van der Waals surface area (Å²) >= 11 is 7.00. The van der Waals surface area contributed by atoms with Gasteiger partial charge in [-0.1, -0.05) is 16.1 Å². The summed E-state index contributed by atoms with van der Waals surface area (Å²) in [4.78, 5) is 19.4. The van der Waals surface area contributed by atoms with Crippen molar-refractivity contribution in [3.05, 3.63) is 33.9 Å². The third kappa shape index (κ3) is 4.86. The molecular weight excluding hydrogens is 488 g/mol. The fourth-order valence-electron chi connectivity index (χ4n) is 2.88. The fourth-order valence-corrected chi connectivity index (χ4v) is 5.08. The SMILES string of the molecule is CN(c1cc(F)c(S(=O)(=O)N(OC(=O)C(F)(F)F)c2cscn2)cc1Cl)[C@@H]1CCNC1. The average molecular weight is 503 g/mol. The standard InChI is InChI=1S/C16H15ClF4N4O4S2/c1-24(9-2-3-22-6-9)12-5-11(18)13(4-10(12)17)31(27,28)25(14-7-30-8-23-14)29-15(26)16(19,20)21/h4-5,7-9,22H,2-3,6H2,1H3/t9-/m1/s1. The van der Waals surface area contributed by atoms with Crippen molar-refractivity contribution in [2.75, 3.05) is 29.5 Å². The number of alkyl halides is 3. The van der Waals surface area contributed by atoms with E-state index in [0.717, 1.165) is 47.3 Å². The van der Waals surface area contributed by atoms with Crippen LogP contribution in [0.15, 0.2) is 27.9 Å². The first-order valence-corrected chi connectivity index (χ1v) is 11.3. The Labute approximate surface area is 183 Å². The Morgan fingerprint density at radius 1 is 1.39 bits per heavy atom. The highest BCUT2D eigenvalue weighted by Gasteiger charge is 2.45. The van der Waals surface area contributed by atoms with Gasteiger partial charge in [0.05, 0.1) is 16.2 Å². The molecule has 1 saturated heterocycles. The van der Waals surface area contributed by atoms with Crippen molar-refractivity contribution in [2.24, 2.45) is 0 Å².